The van der Waals surface area contributed by atoms with Gasteiger partial charge in [-0.2, -0.15) is 0 Å². The lowest BCUT2D eigenvalue weighted by Crippen LogP contribution is -2.45. The van der Waals surface area contributed by atoms with Crippen LogP contribution < -0.4 is 0 Å². The van der Waals surface area contributed by atoms with Gasteiger partial charge in [0.1, 0.15) is 0 Å². The van der Waals surface area contributed by atoms with Crippen LogP contribution in [-0.4, -0.2) is 29.3 Å². The summed E-state index contributed by atoms with van der Waals surface area (Å²) in [5.74, 6) is 0.775. The molecule has 2 nitrogen and oxygen atoms in total. The van der Waals surface area contributed by atoms with Crippen molar-refractivity contribution in [2.24, 2.45) is 0 Å². The lowest BCUT2D eigenvalue weighted by atomic mass is 9.91. The van der Waals surface area contributed by atoms with Crippen molar-refractivity contribution in [3.63, 3.8) is 0 Å². The molecule has 0 bridgehead atoms. The number of carbonyl (C=O) groups is 1. The van der Waals surface area contributed by atoms with E-state index in [0.29, 0.717) is 11.9 Å². The number of halogens is 2. The van der Waals surface area contributed by atoms with Gasteiger partial charge >= 0.3 is 0 Å². The number of hydrogen-bond donors (Lipinski definition) is 0. The lowest BCUT2D eigenvalue weighted by Gasteiger charge is -2.37. The number of hydrogen-bond acceptors (Lipinski definition) is 1. The predicted octanol–water partition coefficient (Wildman–Crippen LogP) is 3.91. The van der Waals surface area contributed by atoms with Crippen molar-refractivity contribution < 1.29 is 4.79 Å². The zero-order chi connectivity index (χ0) is 13.0. The summed E-state index contributed by atoms with van der Waals surface area (Å²) in [4.78, 5) is 14.6. The molecule has 1 aliphatic rings. The molecule has 0 atom stereocenters. The molecule has 0 radical (unpaired) electrons. The molecule has 0 spiro atoms. The fourth-order valence-corrected chi connectivity index (χ4v) is 2.91. The summed E-state index contributed by atoms with van der Waals surface area (Å²) in [7, 11) is 0. The first kappa shape index (κ1) is 14.1. The maximum Gasteiger partial charge on any atom is 0.255 e. The summed E-state index contributed by atoms with van der Waals surface area (Å²) in [6.07, 6.45) is 4.38. The zero-order valence-electron chi connectivity index (χ0n) is 10.2. The van der Waals surface area contributed by atoms with Crippen LogP contribution in [0.3, 0.4) is 0 Å². The molecule has 1 aromatic rings. The molecule has 0 aromatic heterocycles. The highest BCUT2D eigenvalue weighted by Gasteiger charge is 2.29. The van der Waals surface area contributed by atoms with Gasteiger partial charge in [0.2, 0.25) is 0 Å². The number of nitrogens with zero attached hydrogens (tertiary/aromatic N) is 1. The Morgan fingerprint density at radius 1 is 1.39 bits per heavy atom. The largest absolute Gasteiger partial charge is 0.336 e. The maximum absolute atomic E-state index is 12.6. The summed E-state index contributed by atoms with van der Waals surface area (Å²) in [5, 5.41) is 0. The summed E-state index contributed by atoms with van der Waals surface area (Å²) in [6, 6.07) is 8.21. The monoisotopic (exact) mass is 377 g/mol. The Balaban J connectivity index is 2.14. The van der Waals surface area contributed by atoms with E-state index in [2.05, 4.69) is 22.6 Å². The summed E-state index contributed by atoms with van der Waals surface area (Å²) in [6.45, 7) is 0.776. The van der Waals surface area contributed by atoms with E-state index < -0.39 is 0 Å². The predicted molar refractivity (Wildman–Crippen MR) is 83.2 cm³/mol. The Morgan fingerprint density at radius 3 is 2.67 bits per heavy atom. The highest BCUT2D eigenvalue weighted by molar-refractivity contribution is 14.1. The van der Waals surface area contributed by atoms with Gasteiger partial charge in [-0.25, -0.2) is 0 Å². The molecule has 2 rings (SSSR count). The third kappa shape index (κ3) is 3.18. The zero-order valence-corrected chi connectivity index (χ0v) is 13.2. The van der Waals surface area contributed by atoms with Crippen LogP contribution in [0.15, 0.2) is 24.3 Å². The van der Waals surface area contributed by atoms with Crippen molar-refractivity contribution in [3.05, 3.63) is 33.4 Å². The van der Waals surface area contributed by atoms with E-state index in [1.807, 2.05) is 29.2 Å². The van der Waals surface area contributed by atoms with Gasteiger partial charge in [0.25, 0.3) is 5.91 Å². The van der Waals surface area contributed by atoms with Crippen molar-refractivity contribution in [1.29, 1.82) is 0 Å². The van der Waals surface area contributed by atoms with E-state index in [0.717, 1.165) is 34.9 Å². The molecule has 1 saturated carbocycles. The van der Waals surface area contributed by atoms with E-state index in [9.17, 15) is 4.79 Å². The van der Waals surface area contributed by atoms with Crippen molar-refractivity contribution in [2.45, 2.75) is 31.7 Å². The number of benzene rings is 1. The molecule has 0 N–H and O–H groups in total. The minimum atomic E-state index is 0.162. The minimum absolute atomic E-state index is 0.162. The van der Waals surface area contributed by atoms with Gasteiger partial charge in [-0.15, -0.1) is 11.6 Å². The van der Waals surface area contributed by atoms with Crippen molar-refractivity contribution >= 4 is 40.1 Å². The Morgan fingerprint density at radius 2 is 2.11 bits per heavy atom. The maximum atomic E-state index is 12.6. The first-order chi connectivity index (χ1) is 8.74. The number of amides is 1. The average Bonchev–Trinajstić information content (AvgIpc) is 2.32. The van der Waals surface area contributed by atoms with Crippen LogP contribution in [0.1, 0.15) is 36.0 Å². The molecule has 1 aliphatic carbocycles. The fraction of sp³-hybridized carbons (Fsp3) is 0.500. The van der Waals surface area contributed by atoms with Crippen LogP contribution in [0.25, 0.3) is 0 Å². The summed E-state index contributed by atoms with van der Waals surface area (Å²) in [5.41, 5.74) is 0.819. The number of rotatable bonds is 5. The number of alkyl halides is 1. The smallest absolute Gasteiger partial charge is 0.255 e. The normalized spacial score (nSPS) is 15.2. The first-order valence-electron chi connectivity index (χ1n) is 6.35. The Bertz CT molecular complexity index is 420. The molecule has 0 saturated heterocycles. The van der Waals surface area contributed by atoms with E-state index in [4.69, 9.17) is 11.6 Å². The van der Waals surface area contributed by atoms with Gasteiger partial charge < -0.3 is 4.90 Å². The average molecular weight is 378 g/mol. The van der Waals surface area contributed by atoms with Gasteiger partial charge in [0.15, 0.2) is 0 Å². The SMILES string of the molecule is O=C(c1ccccc1I)N(CCCCl)C1CCC1. The third-order valence-corrected chi connectivity index (χ3v) is 4.62. The Labute approximate surface area is 127 Å². The standard InChI is InChI=1S/C14H17ClINO/c15-9-4-10-17(11-5-3-6-11)14(18)12-7-1-2-8-13(12)16/h1-2,7-8,11H,3-6,9-10H2. The van der Waals surface area contributed by atoms with Gasteiger partial charge in [-0.1, -0.05) is 12.1 Å². The lowest BCUT2D eigenvalue weighted by molar-refractivity contribution is 0.0579. The summed E-state index contributed by atoms with van der Waals surface area (Å²) < 4.78 is 1.02. The molecular weight excluding hydrogens is 361 g/mol. The molecule has 1 aromatic carbocycles. The minimum Gasteiger partial charge on any atom is -0.336 e. The molecule has 18 heavy (non-hydrogen) atoms. The van der Waals surface area contributed by atoms with Crippen molar-refractivity contribution in [2.75, 3.05) is 12.4 Å². The highest BCUT2D eigenvalue weighted by Crippen LogP contribution is 2.27. The van der Waals surface area contributed by atoms with E-state index in [1.165, 1.54) is 6.42 Å². The van der Waals surface area contributed by atoms with Crippen LogP contribution in [0, 0.1) is 3.57 Å². The van der Waals surface area contributed by atoms with Crippen molar-refractivity contribution in [1.82, 2.24) is 4.90 Å². The second kappa shape index (κ2) is 6.75. The van der Waals surface area contributed by atoms with E-state index in [1.54, 1.807) is 0 Å². The van der Waals surface area contributed by atoms with Gasteiger partial charge in [0.05, 0.1) is 5.56 Å². The Kier molecular flexibility index (Phi) is 5.30. The third-order valence-electron chi connectivity index (χ3n) is 3.41. The topological polar surface area (TPSA) is 20.3 Å². The van der Waals surface area contributed by atoms with Gasteiger partial charge in [-0.05, 0) is 60.4 Å². The summed E-state index contributed by atoms with van der Waals surface area (Å²) >= 11 is 7.98. The van der Waals surface area contributed by atoms with Crippen LogP contribution >= 0.6 is 34.2 Å². The second-order valence-electron chi connectivity index (χ2n) is 4.61. The molecule has 1 fully saturated rings. The molecule has 0 aliphatic heterocycles. The fourth-order valence-electron chi connectivity index (χ4n) is 2.17. The number of carbonyl (C=O) groups excluding carboxylic acids is 1. The quantitative estimate of drug-likeness (QED) is 0.563. The second-order valence-corrected chi connectivity index (χ2v) is 6.15. The molecular formula is C14H17ClINO. The molecule has 4 heteroatoms. The van der Waals surface area contributed by atoms with Crippen LogP contribution in [0.2, 0.25) is 0 Å². The van der Waals surface area contributed by atoms with Gasteiger partial charge in [0, 0.05) is 22.0 Å². The van der Waals surface area contributed by atoms with Crippen LogP contribution in [0.5, 0.6) is 0 Å². The Hall–Kier alpha value is -0.290. The molecule has 1 amide bonds. The van der Waals surface area contributed by atoms with E-state index >= 15 is 0 Å². The van der Waals surface area contributed by atoms with Crippen molar-refractivity contribution in [3.8, 4) is 0 Å². The van der Waals surface area contributed by atoms with Crippen LogP contribution in [-0.2, 0) is 0 Å². The van der Waals surface area contributed by atoms with Crippen LogP contribution in [0.4, 0.5) is 0 Å². The first-order valence-corrected chi connectivity index (χ1v) is 7.97. The molecule has 0 unspecified atom stereocenters. The van der Waals surface area contributed by atoms with Gasteiger partial charge in [-0.3, -0.25) is 4.79 Å². The molecule has 0 heterocycles. The van der Waals surface area contributed by atoms with E-state index in [-0.39, 0.29) is 5.91 Å². The molecule has 98 valence electrons. The highest BCUT2D eigenvalue weighted by atomic mass is 127.